The van der Waals surface area contributed by atoms with Gasteiger partial charge < -0.3 is 19.3 Å². The van der Waals surface area contributed by atoms with E-state index in [2.05, 4.69) is 9.97 Å². The first-order valence-corrected chi connectivity index (χ1v) is 6.86. The van der Waals surface area contributed by atoms with Crippen molar-refractivity contribution in [3.63, 3.8) is 0 Å². The summed E-state index contributed by atoms with van der Waals surface area (Å²) in [4.78, 5) is 10.8. The van der Waals surface area contributed by atoms with E-state index >= 15 is 0 Å². The number of likely N-dealkylation sites (N-methyl/N-ethyl adjacent to an activating group) is 1. The normalized spacial score (nSPS) is 18.4. The van der Waals surface area contributed by atoms with Crippen LogP contribution in [0.3, 0.4) is 0 Å². The quantitative estimate of drug-likeness (QED) is 0.904. The lowest BCUT2D eigenvalue weighted by Gasteiger charge is -2.35. The van der Waals surface area contributed by atoms with Crippen molar-refractivity contribution in [1.82, 2.24) is 14.5 Å². The van der Waals surface area contributed by atoms with Crippen LogP contribution >= 0.6 is 0 Å². The van der Waals surface area contributed by atoms with Crippen molar-refractivity contribution >= 4 is 16.9 Å². The monoisotopic (exact) mass is 276 g/mol. The standard InChI is InChI=1S/C14H20N4O2/c1-17(9-14(19)4-7-20-8-5-14)13-12-11(3-6-15-13)18(2)10-16-12/h3,6,10,19H,4-5,7-9H2,1-2H3. The molecule has 1 saturated heterocycles. The van der Waals surface area contributed by atoms with Crippen molar-refractivity contribution in [2.45, 2.75) is 18.4 Å². The van der Waals surface area contributed by atoms with Crippen molar-refractivity contribution in [3.8, 4) is 0 Å². The first kappa shape index (κ1) is 13.3. The summed E-state index contributed by atoms with van der Waals surface area (Å²) in [6, 6.07) is 1.95. The summed E-state index contributed by atoms with van der Waals surface area (Å²) in [6.07, 6.45) is 4.89. The largest absolute Gasteiger partial charge is 0.388 e. The highest BCUT2D eigenvalue weighted by Gasteiger charge is 2.32. The van der Waals surface area contributed by atoms with Crippen LogP contribution in [-0.4, -0.2) is 52.0 Å². The van der Waals surface area contributed by atoms with Gasteiger partial charge in [0, 0.05) is 52.9 Å². The van der Waals surface area contributed by atoms with Gasteiger partial charge in [-0.05, 0) is 6.07 Å². The number of nitrogens with zero attached hydrogens (tertiary/aromatic N) is 4. The molecule has 3 rings (SSSR count). The number of aliphatic hydroxyl groups is 1. The van der Waals surface area contributed by atoms with Crippen molar-refractivity contribution in [1.29, 1.82) is 0 Å². The van der Waals surface area contributed by atoms with E-state index in [1.807, 2.05) is 29.6 Å². The maximum absolute atomic E-state index is 10.6. The van der Waals surface area contributed by atoms with Gasteiger partial charge in [0.15, 0.2) is 5.82 Å². The van der Waals surface area contributed by atoms with E-state index in [4.69, 9.17) is 4.74 Å². The van der Waals surface area contributed by atoms with Crippen LogP contribution in [0.4, 0.5) is 5.82 Å². The highest BCUT2D eigenvalue weighted by Crippen LogP contribution is 2.26. The zero-order valence-electron chi connectivity index (χ0n) is 11.9. The second-order valence-electron chi connectivity index (χ2n) is 5.55. The summed E-state index contributed by atoms with van der Waals surface area (Å²) in [7, 11) is 3.91. The fourth-order valence-electron chi connectivity index (χ4n) is 2.75. The Balaban J connectivity index is 1.87. The maximum Gasteiger partial charge on any atom is 0.156 e. The Kier molecular flexibility index (Phi) is 3.35. The van der Waals surface area contributed by atoms with Crippen LogP contribution in [-0.2, 0) is 11.8 Å². The number of pyridine rings is 1. The molecule has 1 aliphatic rings. The van der Waals surface area contributed by atoms with Crippen LogP contribution in [0.1, 0.15) is 12.8 Å². The minimum atomic E-state index is -0.703. The molecule has 0 radical (unpaired) electrons. The van der Waals surface area contributed by atoms with Crippen LogP contribution < -0.4 is 4.90 Å². The molecule has 20 heavy (non-hydrogen) atoms. The Hall–Kier alpha value is -1.66. The summed E-state index contributed by atoms with van der Waals surface area (Å²) in [5.74, 6) is 0.808. The number of fused-ring (bicyclic) bond motifs is 1. The van der Waals surface area contributed by atoms with E-state index in [1.54, 1.807) is 12.5 Å². The SMILES string of the molecule is CN(CC1(O)CCOCC1)c1nccc2c1ncn2C. The number of imidazole rings is 1. The first-order chi connectivity index (χ1) is 9.59. The van der Waals surface area contributed by atoms with Crippen molar-refractivity contribution in [2.75, 3.05) is 31.7 Å². The molecule has 6 heteroatoms. The van der Waals surface area contributed by atoms with E-state index in [1.165, 1.54) is 0 Å². The topological polar surface area (TPSA) is 63.4 Å². The molecular weight excluding hydrogens is 256 g/mol. The maximum atomic E-state index is 10.6. The van der Waals surface area contributed by atoms with Crippen LogP contribution in [0.2, 0.25) is 0 Å². The predicted octanol–water partition coefficient (Wildman–Crippen LogP) is 0.946. The molecule has 0 amide bonds. The number of aromatic nitrogens is 3. The molecule has 0 spiro atoms. The van der Waals surface area contributed by atoms with Crippen LogP contribution in [0.15, 0.2) is 18.6 Å². The fraction of sp³-hybridized carbons (Fsp3) is 0.571. The lowest BCUT2D eigenvalue weighted by molar-refractivity contribution is -0.0573. The average Bonchev–Trinajstić information content (AvgIpc) is 2.81. The van der Waals surface area contributed by atoms with Crippen LogP contribution in [0.25, 0.3) is 11.0 Å². The third-order valence-electron chi connectivity index (χ3n) is 3.94. The molecule has 0 saturated carbocycles. The molecule has 0 aromatic carbocycles. The molecule has 2 aromatic rings. The molecule has 0 aliphatic carbocycles. The number of ether oxygens (including phenoxy) is 1. The van der Waals surface area contributed by atoms with Gasteiger partial charge in [0.2, 0.25) is 0 Å². The summed E-state index contributed by atoms with van der Waals surface area (Å²) in [5, 5.41) is 10.6. The number of hydrogen-bond donors (Lipinski definition) is 1. The average molecular weight is 276 g/mol. The van der Waals surface area contributed by atoms with Crippen molar-refractivity contribution in [2.24, 2.45) is 7.05 Å². The Morgan fingerprint density at radius 1 is 1.40 bits per heavy atom. The molecular formula is C14H20N4O2. The summed E-state index contributed by atoms with van der Waals surface area (Å²) < 4.78 is 7.29. The Morgan fingerprint density at radius 3 is 2.90 bits per heavy atom. The molecule has 1 N–H and O–H groups in total. The molecule has 0 bridgehead atoms. The second kappa shape index (κ2) is 5.03. The number of anilines is 1. The second-order valence-corrected chi connectivity index (χ2v) is 5.55. The van der Waals surface area contributed by atoms with Gasteiger partial charge in [-0.1, -0.05) is 0 Å². The first-order valence-electron chi connectivity index (χ1n) is 6.86. The van der Waals surface area contributed by atoms with Crippen molar-refractivity contribution in [3.05, 3.63) is 18.6 Å². The Bertz CT molecular complexity index is 604. The highest BCUT2D eigenvalue weighted by molar-refractivity contribution is 5.86. The number of hydrogen-bond acceptors (Lipinski definition) is 5. The summed E-state index contributed by atoms with van der Waals surface area (Å²) >= 11 is 0. The van der Waals surface area contributed by atoms with E-state index in [0.717, 1.165) is 16.9 Å². The molecule has 108 valence electrons. The van der Waals surface area contributed by atoms with Crippen molar-refractivity contribution < 1.29 is 9.84 Å². The van der Waals surface area contributed by atoms with Gasteiger partial charge in [-0.15, -0.1) is 0 Å². The van der Waals surface area contributed by atoms with Gasteiger partial charge >= 0.3 is 0 Å². The molecule has 2 aromatic heterocycles. The van der Waals surface area contributed by atoms with Crippen LogP contribution in [0.5, 0.6) is 0 Å². The minimum Gasteiger partial charge on any atom is -0.388 e. The van der Waals surface area contributed by atoms with E-state index in [9.17, 15) is 5.11 Å². The van der Waals surface area contributed by atoms with Gasteiger partial charge in [-0.25, -0.2) is 9.97 Å². The fourth-order valence-corrected chi connectivity index (χ4v) is 2.75. The molecule has 6 nitrogen and oxygen atoms in total. The number of rotatable bonds is 3. The lowest BCUT2D eigenvalue weighted by atomic mass is 9.94. The zero-order chi connectivity index (χ0) is 14.2. The zero-order valence-corrected chi connectivity index (χ0v) is 11.9. The van der Waals surface area contributed by atoms with Gasteiger partial charge in [-0.2, -0.15) is 0 Å². The van der Waals surface area contributed by atoms with Crippen LogP contribution in [0, 0.1) is 0 Å². The van der Waals surface area contributed by atoms with Gasteiger partial charge in [0.05, 0.1) is 17.4 Å². The third kappa shape index (κ3) is 2.36. The lowest BCUT2D eigenvalue weighted by Crippen LogP contribution is -2.46. The minimum absolute atomic E-state index is 0.541. The van der Waals surface area contributed by atoms with Gasteiger partial charge in [0.25, 0.3) is 0 Å². The molecule has 1 fully saturated rings. The highest BCUT2D eigenvalue weighted by atomic mass is 16.5. The summed E-state index contributed by atoms with van der Waals surface area (Å²) in [5.41, 5.74) is 1.21. The van der Waals surface area contributed by atoms with E-state index in [-0.39, 0.29) is 0 Å². The van der Waals surface area contributed by atoms with E-state index in [0.29, 0.717) is 32.6 Å². The van der Waals surface area contributed by atoms with E-state index < -0.39 is 5.60 Å². The third-order valence-corrected chi connectivity index (χ3v) is 3.94. The predicted molar refractivity (Wildman–Crippen MR) is 76.8 cm³/mol. The Labute approximate surface area is 118 Å². The molecule has 0 atom stereocenters. The Morgan fingerprint density at radius 2 is 2.15 bits per heavy atom. The molecule has 1 aliphatic heterocycles. The summed E-state index contributed by atoms with van der Waals surface area (Å²) in [6.45, 7) is 1.77. The number of aryl methyl sites for hydroxylation is 1. The van der Waals surface area contributed by atoms with Gasteiger partial charge in [-0.3, -0.25) is 0 Å². The molecule has 0 unspecified atom stereocenters. The molecule has 3 heterocycles. The smallest absolute Gasteiger partial charge is 0.156 e. The van der Waals surface area contributed by atoms with Gasteiger partial charge in [0.1, 0.15) is 5.52 Å².